The molecule has 0 spiro atoms. The zero-order valence-corrected chi connectivity index (χ0v) is 12.7. The van der Waals surface area contributed by atoms with Crippen LogP contribution in [-0.4, -0.2) is 27.2 Å². The Bertz CT molecular complexity index is 620. The molecule has 0 aliphatic rings. The van der Waals surface area contributed by atoms with Gasteiger partial charge in [-0.15, -0.1) is 10.2 Å². The lowest BCUT2D eigenvalue weighted by molar-refractivity contribution is 0.0949. The normalized spacial score (nSPS) is 10.4. The lowest BCUT2D eigenvalue weighted by Gasteiger charge is -2.10. The maximum Gasteiger partial charge on any atom is 0.251 e. The van der Waals surface area contributed by atoms with Crippen LogP contribution in [0.4, 0.5) is 5.69 Å². The Hall–Kier alpha value is -2.37. The highest BCUT2D eigenvalue weighted by atomic mass is 16.1. The Kier molecular flexibility index (Phi) is 4.92. The van der Waals surface area contributed by atoms with Crippen molar-refractivity contribution in [3.8, 4) is 0 Å². The Morgan fingerprint density at radius 1 is 1.38 bits per heavy atom. The molecule has 0 aliphatic heterocycles. The van der Waals surface area contributed by atoms with Gasteiger partial charge in [-0.05, 0) is 37.1 Å². The number of aromatic nitrogens is 3. The van der Waals surface area contributed by atoms with Crippen LogP contribution in [0.3, 0.4) is 0 Å². The van der Waals surface area contributed by atoms with E-state index in [-0.39, 0.29) is 5.91 Å². The first-order valence-electron chi connectivity index (χ1n) is 7.07. The van der Waals surface area contributed by atoms with Gasteiger partial charge in [0.05, 0.1) is 6.54 Å². The zero-order chi connectivity index (χ0) is 15.2. The van der Waals surface area contributed by atoms with E-state index in [0.29, 0.717) is 12.1 Å². The van der Waals surface area contributed by atoms with E-state index in [2.05, 4.69) is 27.8 Å². The molecule has 2 aromatic rings. The summed E-state index contributed by atoms with van der Waals surface area (Å²) in [6.45, 7) is 5.41. The summed E-state index contributed by atoms with van der Waals surface area (Å²) in [5.74, 6) is 0.615. The average molecular weight is 287 g/mol. The van der Waals surface area contributed by atoms with Gasteiger partial charge < -0.3 is 15.2 Å². The third-order valence-electron chi connectivity index (χ3n) is 3.27. The number of rotatable bonds is 6. The molecule has 21 heavy (non-hydrogen) atoms. The fourth-order valence-corrected chi connectivity index (χ4v) is 1.99. The highest BCUT2D eigenvalue weighted by molar-refractivity contribution is 5.94. The van der Waals surface area contributed by atoms with Gasteiger partial charge >= 0.3 is 0 Å². The van der Waals surface area contributed by atoms with Gasteiger partial charge in [0, 0.05) is 24.8 Å². The molecule has 0 unspecified atom stereocenters. The molecule has 0 bridgehead atoms. The highest BCUT2D eigenvalue weighted by Gasteiger charge is 2.09. The molecule has 0 saturated carbocycles. The maximum atomic E-state index is 12.1. The minimum Gasteiger partial charge on any atom is -0.385 e. The van der Waals surface area contributed by atoms with E-state index in [9.17, 15) is 4.79 Å². The molecule has 0 radical (unpaired) electrons. The summed E-state index contributed by atoms with van der Waals surface area (Å²) in [6.07, 6.45) is 2.68. The fraction of sp³-hybridized carbons (Fsp3) is 0.400. The first-order chi connectivity index (χ1) is 10.1. The standard InChI is InChI=1S/C15H21N5O/c1-4-7-16-13-6-5-12(8-11(13)2)15(21)17-9-14-19-18-10-20(14)3/h5-6,8,10,16H,4,7,9H2,1-3H3,(H,17,21). The molecule has 1 heterocycles. The van der Waals surface area contributed by atoms with Crippen LogP contribution in [0.25, 0.3) is 0 Å². The second kappa shape index (κ2) is 6.88. The Balaban J connectivity index is 1.99. The number of hydrogen-bond acceptors (Lipinski definition) is 4. The SMILES string of the molecule is CCCNc1ccc(C(=O)NCc2nncn2C)cc1C. The number of aryl methyl sites for hydroxylation is 2. The van der Waals surface area contributed by atoms with Crippen LogP contribution in [0.5, 0.6) is 0 Å². The molecule has 0 fully saturated rings. The molecular formula is C15H21N5O. The minimum absolute atomic E-state index is 0.108. The van der Waals surface area contributed by atoms with Crippen molar-refractivity contribution in [1.29, 1.82) is 0 Å². The molecule has 6 nitrogen and oxygen atoms in total. The molecule has 0 saturated heterocycles. The number of carbonyl (C=O) groups is 1. The number of carbonyl (C=O) groups excluding carboxylic acids is 1. The van der Waals surface area contributed by atoms with Crippen molar-refractivity contribution in [2.75, 3.05) is 11.9 Å². The van der Waals surface area contributed by atoms with E-state index < -0.39 is 0 Å². The van der Waals surface area contributed by atoms with Crippen molar-refractivity contribution in [3.63, 3.8) is 0 Å². The van der Waals surface area contributed by atoms with Crippen molar-refractivity contribution in [3.05, 3.63) is 41.5 Å². The van der Waals surface area contributed by atoms with E-state index in [1.165, 1.54) is 0 Å². The number of nitrogens with one attached hydrogen (secondary N) is 2. The number of amides is 1. The van der Waals surface area contributed by atoms with Crippen LogP contribution in [0, 0.1) is 6.92 Å². The third kappa shape index (κ3) is 3.81. The fourth-order valence-electron chi connectivity index (χ4n) is 1.99. The molecule has 1 aromatic heterocycles. The van der Waals surface area contributed by atoms with Gasteiger partial charge in [0.15, 0.2) is 5.82 Å². The van der Waals surface area contributed by atoms with Crippen LogP contribution in [0.1, 0.15) is 35.1 Å². The Morgan fingerprint density at radius 3 is 2.81 bits per heavy atom. The monoisotopic (exact) mass is 287 g/mol. The first-order valence-corrected chi connectivity index (χ1v) is 7.07. The van der Waals surface area contributed by atoms with Crippen LogP contribution in [-0.2, 0) is 13.6 Å². The topological polar surface area (TPSA) is 71.8 Å². The summed E-state index contributed by atoms with van der Waals surface area (Å²) >= 11 is 0. The van der Waals surface area contributed by atoms with Crippen molar-refractivity contribution < 1.29 is 4.79 Å². The van der Waals surface area contributed by atoms with Crippen molar-refractivity contribution >= 4 is 11.6 Å². The average Bonchev–Trinajstić information content (AvgIpc) is 2.88. The van der Waals surface area contributed by atoms with Crippen LogP contribution in [0.15, 0.2) is 24.5 Å². The predicted octanol–water partition coefficient (Wildman–Crippen LogP) is 1.88. The zero-order valence-electron chi connectivity index (χ0n) is 12.7. The number of hydrogen-bond donors (Lipinski definition) is 2. The molecular weight excluding hydrogens is 266 g/mol. The van der Waals surface area contributed by atoms with Crippen molar-refractivity contribution in [2.24, 2.45) is 7.05 Å². The van der Waals surface area contributed by atoms with Gasteiger partial charge in [0.1, 0.15) is 6.33 Å². The summed E-state index contributed by atoms with van der Waals surface area (Å²) in [7, 11) is 1.85. The maximum absolute atomic E-state index is 12.1. The smallest absolute Gasteiger partial charge is 0.251 e. The summed E-state index contributed by atoms with van der Waals surface area (Å²) in [6, 6.07) is 5.67. The van der Waals surface area contributed by atoms with E-state index in [1.807, 2.05) is 32.2 Å². The van der Waals surface area contributed by atoms with Crippen LogP contribution >= 0.6 is 0 Å². The second-order valence-electron chi connectivity index (χ2n) is 5.00. The van der Waals surface area contributed by atoms with Gasteiger partial charge in [-0.25, -0.2) is 0 Å². The quantitative estimate of drug-likeness (QED) is 0.851. The van der Waals surface area contributed by atoms with Crippen LogP contribution < -0.4 is 10.6 Å². The Labute approximate surface area is 124 Å². The molecule has 112 valence electrons. The van der Waals surface area contributed by atoms with Crippen molar-refractivity contribution in [2.45, 2.75) is 26.8 Å². The molecule has 1 amide bonds. The number of nitrogens with zero attached hydrogens (tertiary/aromatic N) is 3. The van der Waals surface area contributed by atoms with E-state index in [4.69, 9.17) is 0 Å². The first kappa shape index (κ1) is 15.0. The van der Waals surface area contributed by atoms with Gasteiger partial charge in [0.2, 0.25) is 0 Å². The van der Waals surface area contributed by atoms with Gasteiger partial charge in [0.25, 0.3) is 5.91 Å². The lowest BCUT2D eigenvalue weighted by Crippen LogP contribution is -2.24. The number of anilines is 1. The lowest BCUT2D eigenvalue weighted by atomic mass is 10.1. The van der Waals surface area contributed by atoms with Gasteiger partial charge in [-0.2, -0.15) is 0 Å². The summed E-state index contributed by atoms with van der Waals surface area (Å²) in [5, 5.41) is 13.9. The molecule has 0 aliphatic carbocycles. The van der Waals surface area contributed by atoms with E-state index in [0.717, 1.165) is 30.0 Å². The van der Waals surface area contributed by atoms with Crippen molar-refractivity contribution in [1.82, 2.24) is 20.1 Å². The Morgan fingerprint density at radius 2 is 2.19 bits per heavy atom. The highest BCUT2D eigenvalue weighted by Crippen LogP contribution is 2.16. The molecule has 2 N–H and O–H groups in total. The third-order valence-corrected chi connectivity index (χ3v) is 3.27. The van der Waals surface area contributed by atoms with E-state index >= 15 is 0 Å². The van der Waals surface area contributed by atoms with Gasteiger partial charge in [-0.3, -0.25) is 4.79 Å². The van der Waals surface area contributed by atoms with Crippen LogP contribution in [0.2, 0.25) is 0 Å². The number of benzene rings is 1. The summed E-state index contributed by atoms with van der Waals surface area (Å²) in [5.41, 5.74) is 2.79. The summed E-state index contributed by atoms with van der Waals surface area (Å²) < 4.78 is 1.78. The molecule has 1 aromatic carbocycles. The molecule has 2 rings (SSSR count). The molecule has 6 heteroatoms. The largest absolute Gasteiger partial charge is 0.385 e. The van der Waals surface area contributed by atoms with Gasteiger partial charge in [-0.1, -0.05) is 6.92 Å². The second-order valence-corrected chi connectivity index (χ2v) is 5.00. The minimum atomic E-state index is -0.108. The molecule has 0 atom stereocenters. The van der Waals surface area contributed by atoms with E-state index in [1.54, 1.807) is 10.9 Å². The summed E-state index contributed by atoms with van der Waals surface area (Å²) in [4.78, 5) is 12.1. The predicted molar refractivity (Wildman–Crippen MR) is 82.1 cm³/mol.